The van der Waals surface area contributed by atoms with Gasteiger partial charge in [-0.1, -0.05) is 41.0 Å². The second kappa shape index (κ2) is 7.25. The van der Waals surface area contributed by atoms with Crippen LogP contribution >= 0.6 is 35.0 Å². The van der Waals surface area contributed by atoms with Crippen LogP contribution in [0.25, 0.3) is 11.4 Å². The molecule has 2 aromatic heterocycles. The van der Waals surface area contributed by atoms with Gasteiger partial charge in [-0.25, -0.2) is 0 Å². The highest BCUT2D eigenvalue weighted by atomic mass is 35.5. The molecule has 4 nitrogen and oxygen atoms in total. The van der Waals surface area contributed by atoms with Crippen LogP contribution in [-0.2, 0) is 6.54 Å². The molecule has 0 fully saturated rings. The van der Waals surface area contributed by atoms with Gasteiger partial charge in [-0.05, 0) is 30.3 Å². The quantitative estimate of drug-likeness (QED) is 0.446. The number of nitrogens with zero attached hydrogens (tertiary/aromatic N) is 3. The number of thioether (sulfide) groups is 1. The van der Waals surface area contributed by atoms with Gasteiger partial charge in [0.05, 0.1) is 17.8 Å². The summed E-state index contributed by atoms with van der Waals surface area (Å²) in [5.41, 5.74) is 0.778. The Morgan fingerprint density at radius 2 is 2.13 bits per heavy atom. The van der Waals surface area contributed by atoms with Crippen LogP contribution in [0.2, 0.25) is 10.0 Å². The molecule has 0 aliphatic carbocycles. The average Bonchev–Trinajstić information content (AvgIpc) is 3.16. The Balaban J connectivity index is 2.04. The molecule has 118 valence electrons. The number of furan rings is 1. The van der Waals surface area contributed by atoms with Crippen LogP contribution in [0.15, 0.2) is 58.8 Å². The second-order valence-corrected chi connectivity index (χ2v) is 6.53. The zero-order valence-electron chi connectivity index (χ0n) is 12.1. The number of aromatic nitrogens is 3. The molecule has 0 aliphatic heterocycles. The predicted molar refractivity (Wildman–Crippen MR) is 94.2 cm³/mol. The number of halogens is 2. The van der Waals surface area contributed by atoms with Gasteiger partial charge in [0.1, 0.15) is 5.76 Å². The molecule has 0 bridgehead atoms. The van der Waals surface area contributed by atoms with Crippen LogP contribution in [0.5, 0.6) is 0 Å². The van der Waals surface area contributed by atoms with E-state index in [-0.39, 0.29) is 0 Å². The summed E-state index contributed by atoms with van der Waals surface area (Å²) in [6.07, 6.45) is 3.47. The van der Waals surface area contributed by atoms with E-state index < -0.39 is 0 Å². The molecule has 3 rings (SSSR count). The normalized spacial score (nSPS) is 10.9. The fraction of sp³-hybridized carbons (Fsp3) is 0.125. The topological polar surface area (TPSA) is 43.9 Å². The first kappa shape index (κ1) is 16.2. The van der Waals surface area contributed by atoms with Crippen LogP contribution in [0.3, 0.4) is 0 Å². The van der Waals surface area contributed by atoms with Gasteiger partial charge in [0.2, 0.25) is 0 Å². The van der Waals surface area contributed by atoms with Crippen molar-refractivity contribution in [3.8, 4) is 11.4 Å². The Hall–Kier alpha value is -1.69. The molecule has 0 aliphatic rings. The molecular weight excluding hydrogens is 353 g/mol. The van der Waals surface area contributed by atoms with Gasteiger partial charge in [0.15, 0.2) is 11.0 Å². The summed E-state index contributed by atoms with van der Waals surface area (Å²) in [4.78, 5) is 0. The standard InChI is InChI=1S/C16H13Cl2N3OS/c1-2-8-23-16-20-19-15(13-6-5-11(17)9-14(13)18)21(16)10-12-4-3-7-22-12/h2-7,9H,1,8,10H2. The van der Waals surface area contributed by atoms with E-state index in [1.807, 2.05) is 28.8 Å². The van der Waals surface area contributed by atoms with E-state index in [0.29, 0.717) is 22.4 Å². The molecule has 0 unspecified atom stereocenters. The summed E-state index contributed by atoms with van der Waals surface area (Å²) in [5, 5.41) is 10.5. The summed E-state index contributed by atoms with van der Waals surface area (Å²) in [6, 6.07) is 9.09. The average molecular weight is 366 g/mol. The van der Waals surface area contributed by atoms with Crippen molar-refractivity contribution >= 4 is 35.0 Å². The van der Waals surface area contributed by atoms with Gasteiger partial charge < -0.3 is 4.42 Å². The molecule has 3 aromatic rings. The third-order valence-electron chi connectivity index (χ3n) is 3.11. The molecule has 0 saturated heterocycles. The molecule has 2 heterocycles. The lowest BCUT2D eigenvalue weighted by atomic mass is 10.2. The summed E-state index contributed by atoms with van der Waals surface area (Å²) in [6.45, 7) is 4.26. The van der Waals surface area contributed by atoms with E-state index in [4.69, 9.17) is 27.6 Å². The fourth-order valence-corrected chi connectivity index (χ4v) is 3.27. The first-order chi connectivity index (χ1) is 11.2. The van der Waals surface area contributed by atoms with E-state index >= 15 is 0 Å². The summed E-state index contributed by atoms with van der Waals surface area (Å²) in [7, 11) is 0. The highest BCUT2D eigenvalue weighted by Crippen LogP contribution is 2.32. The predicted octanol–water partition coefficient (Wildman–Crippen LogP) is 5.17. The zero-order valence-corrected chi connectivity index (χ0v) is 14.4. The minimum absolute atomic E-state index is 0.522. The van der Waals surface area contributed by atoms with E-state index in [1.165, 1.54) is 0 Å². The van der Waals surface area contributed by atoms with E-state index in [9.17, 15) is 0 Å². The van der Waals surface area contributed by atoms with Gasteiger partial charge in [-0.15, -0.1) is 16.8 Å². The van der Waals surface area contributed by atoms with Crippen molar-refractivity contribution in [3.63, 3.8) is 0 Å². The fourth-order valence-electron chi connectivity index (χ4n) is 2.10. The monoisotopic (exact) mass is 365 g/mol. The summed E-state index contributed by atoms with van der Waals surface area (Å²) in [5.74, 6) is 2.23. The van der Waals surface area contributed by atoms with Gasteiger partial charge in [-0.3, -0.25) is 4.57 Å². The maximum Gasteiger partial charge on any atom is 0.192 e. The first-order valence-electron chi connectivity index (χ1n) is 6.83. The van der Waals surface area contributed by atoms with Crippen LogP contribution in [0.4, 0.5) is 0 Å². The van der Waals surface area contributed by atoms with Gasteiger partial charge >= 0.3 is 0 Å². The van der Waals surface area contributed by atoms with Crippen molar-refractivity contribution in [1.82, 2.24) is 14.8 Å². The first-order valence-corrected chi connectivity index (χ1v) is 8.58. The van der Waals surface area contributed by atoms with Gasteiger partial charge in [-0.2, -0.15) is 0 Å². The Bertz CT molecular complexity index is 815. The molecule has 1 aromatic carbocycles. The maximum atomic E-state index is 6.32. The number of benzene rings is 1. The highest BCUT2D eigenvalue weighted by molar-refractivity contribution is 7.99. The van der Waals surface area contributed by atoms with Crippen molar-refractivity contribution in [3.05, 3.63) is 65.1 Å². The Morgan fingerprint density at radius 1 is 1.26 bits per heavy atom. The molecule has 0 amide bonds. The molecule has 0 spiro atoms. The van der Waals surface area contributed by atoms with Gasteiger partial charge in [0.25, 0.3) is 0 Å². The van der Waals surface area contributed by atoms with Crippen LogP contribution in [0, 0.1) is 0 Å². The molecule has 7 heteroatoms. The lowest BCUT2D eigenvalue weighted by molar-refractivity contribution is 0.485. The molecule has 0 saturated carbocycles. The maximum absolute atomic E-state index is 6.32. The zero-order chi connectivity index (χ0) is 16.2. The minimum Gasteiger partial charge on any atom is -0.467 e. The molecule has 0 radical (unpaired) electrons. The Labute approximate surface area is 148 Å². The van der Waals surface area contributed by atoms with Crippen molar-refractivity contribution in [2.24, 2.45) is 0 Å². The SMILES string of the molecule is C=CCSc1nnc(-c2ccc(Cl)cc2Cl)n1Cc1ccco1. The number of rotatable bonds is 6. The van der Waals surface area contributed by atoms with Crippen LogP contribution in [0.1, 0.15) is 5.76 Å². The second-order valence-electron chi connectivity index (χ2n) is 4.70. The summed E-state index contributed by atoms with van der Waals surface area (Å²) >= 11 is 13.8. The molecule has 0 N–H and O–H groups in total. The summed E-state index contributed by atoms with van der Waals surface area (Å²) < 4.78 is 7.42. The van der Waals surface area contributed by atoms with Crippen molar-refractivity contribution in [2.45, 2.75) is 11.7 Å². The lowest BCUT2D eigenvalue weighted by Crippen LogP contribution is -2.03. The Morgan fingerprint density at radius 3 is 2.83 bits per heavy atom. The van der Waals surface area contributed by atoms with Crippen LogP contribution < -0.4 is 0 Å². The minimum atomic E-state index is 0.522. The van der Waals surface area contributed by atoms with Crippen molar-refractivity contribution in [1.29, 1.82) is 0 Å². The third-order valence-corrected chi connectivity index (χ3v) is 4.62. The van der Waals surface area contributed by atoms with E-state index in [1.54, 1.807) is 30.2 Å². The van der Waals surface area contributed by atoms with E-state index in [0.717, 1.165) is 22.2 Å². The molecular formula is C16H13Cl2N3OS. The molecule has 23 heavy (non-hydrogen) atoms. The van der Waals surface area contributed by atoms with Crippen molar-refractivity contribution < 1.29 is 4.42 Å². The molecule has 0 atom stereocenters. The smallest absolute Gasteiger partial charge is 0.192 e. The van der Waals surface area contributed by atoms with Gasteiger partial charge in [0, 0.05) is 16.3 Å². The highest BCUT2D eigenvalue weighted by Gasteiger charge is 2.17. The lowest BCUT2D eigenvalue weighted by Gasteiger charge is -2.09. The van der Waals surface area contributed by atoms with Crippen molar-refractivity contribution in [2.75, 3.05) is 5.75 Å². The number of hydrogen-bond acceptors (Lipinski definition) is 4. The third kappa shape index (κ3) is 3.63. The number of hydrogen-bond donors (Lipinski definition) is 0. The van der Waals surface area contributed by atoms with E-state index in [2.05, 4.69) is 16.8 Å². The van der Waals surface area contributed by atoms with Crippen LogP contribution in [-0.4, -0.2) is 20.5 Å². The largest absolute Gasteiger partial charge is 0.467 e. The Kier molecular flexibility index (Phi) is 5.10.